The van der Waals surface area contributed by atoms with Crippen molar-refractivity contribution in [3.63, 3.8) is 0 Å². The Morgan fingerprint density at radius 2 is 0.966 bits per heavy atom. The Balaban J connectivity index is 0.000000225. The van der Waals surface area contributed by atoms with Crippen LogP contribution in [0.4, 0.5) is 50.9 Å². The Morgan fingerprint density at radius 1 is 0.593 bits per heavy atom. The number of amidine groups is 2. The fourth-order valence-electron chi connectivity index (χ4n) is 5.37. The van der Waals surface area contributed by atoms with Crippen molar-refractivity contribution in [1.29, 1.82) is 0 Å². The van der Waals surface area contributed by atoms with Crippen LogP contribution in [0.2, 0.25) is 10.0 Å². The van der Waals surface area contributed by atoms with Crippen LogP contribution in [0.1, 0.15) is 11.1 Å². The van der Waals surface area contributed by atoms with Crippen molar-refractivity contribution < 1.29 is 71.3 Å². The second-order valence-corrected chi connectivity index (χ2v) is 16.4. The molecule has 318 valence electrons. The van der Waals surface area contributed by atoms with Gasteiger partial charge >= 0.3 is 18.7 Å². The highest BCUT2D eigenvalue weighted by Gasteiger charge is 2.60. The zero-order chi connectivity index (χ0) is 44.1. The molecule has 0 saturated heterocycles. The summed E-state index contributed by atoms with van der Waals surface area (Å²) in [6.07, 6.45) is -15.2. The second kappa shape index (κ2) is 15.7. The van der Waals surface area contributed by atoms with E-state index in [1.54, 1.807) is 0 Å². The van der Waals surface area contributed by atoms with Gasteiger partial charge in [-0.3, -0.25) is 0 Å². The molecule has 2 atom stereocenters. The molecule has 0 spiro atoms. The molecule has 59 heavy (non-hydrogen) atoms. The van der Waals surface area contributed by atoms with Crippen molar-refractivity contribution in [3.05, 3.63) is 112 Å². The van der Waals surface area contributed by atoms with Gasteiger partial charge in [-0.25, -0.2) is 37.1 Å². The predicted octanol–water partition coefficient (Wildman–Crippen LogP) is 5.91. The number of sulfonamides is 2. The summed E-state index contributed by atoms with van der Waals surface area (Å²) >= 11 is 11.8. The monoisotopic (exact) mass is 922 g/mol. The molecule has 2 aliphatic rings. The van der Waals surface area contributed by atoms with Crippen LogP contribution >= 0.6 is 23.2 Å². The molecule has 0 aliphatic carbocycles. The van der Waals surface area contributed by atoms with Crippen molar-refractivity contribution in [2.75, 3.05) is 22.9 Å². The fourth-order valence-corrected chi connectivity index (χ4v) is 6.70. The molecular formula is C33H25Cl2F9N6O7S2. The average molecular weight is 924 g/mol. The Bertz CT molecular complexity index is 2510. The SMILES string of the molecule is NS(=O)(=O)c1ccc(C2=NC(O)(C(F)(F)F)CN2c2ccc(Cl)c(Cl)c2)cc1.NS(=O)(=O)c1ccc(C2=NC(O)(C(F)(F)F)CN2c2ccc(OC(F)(F)F)cc2)cc1. The van der Waals surface area contributed by atoms with E-state index in [1.165, 1.54) is 30.3 Å². The van der Waals surface area contributed by atoms with Crippen LogP contribution in [-0.2, 0) is 20.0 Å². The van der Waals surface area contributed by atoms with Crippen LogP contribution in [0.15, 0.2) is 111 Å². The molecule has 0 bridgehead atoms. The molecule has 0 saturated carbocycles. The minimum atomic E-state index is -5.16. The summed E-state index contributed by atoms with van der Waals surface area (Å²) in [4.78, 5) is 8.37. The minimum absolute atomic E-state index is 0.00296. The summed E-state index contributed by atoms with van der Waals surface area (Å²) in [5.41, 5.74) is -6.52. The van der Waals surface area contributed by atoms with Crippen molar-refractivity contribution in [2.24, 2.45) is 20.3 Å². The van der Waals surface area contributed by atoms with Gasteiger partial charge in [0.25, 0.3) is 11.4 Å². The highest BCUT2D eigenvalue weighted by molar-refractivity contribution is 7.89. The molecule has 13 nitrogen and oxygen atoms in total. The lowest BCUT2D eigenvalue weighted by Crippen LogP contribution is -2.47. The molecule has 26 heteroatoms. The van der Waals surface area contributed by atoms with E-state index >= 15 is 0 Å². The van der Waals surface area contributed by atoms with Crippen molar-refractivity contribution >= 4 is 66.3 Å². The summed E-state index contributed by atoms with van der Waals surface area (Å²) < 4.78 is 166. The smallest absolute Gasteiger partial charge is 0.406 e. The zero-order valence-corrected chi connectivity index (χ0v) is 32.1. The number of benzene rings is 4. The van der Waals surface area contributed by atoms with E-state index < -0.39 is 69.1 Å². The number of rotatable bonds is 7. The first-order chi connectivity index (χ1) is 26.9. The molecule has 2 unspecified atom stereocenters. The minimum Gasteiger partial charge on any atom is -0.406 e. The van der Waals surface area contributed by atoms with Crippen molar-refractivity contribution in [1.82, 2.24) is 0 Å². The van der Waals surface area contributed by atoms with Crippen molar-refractivity contribution in [3.8, 4) is 5.75 Å². The third-order valence-corrected chi connectivity index (χ3v) is 10.8. The number of primary sulfonamides is 2. The van der Waals surface area contributed by atoms with E-state index in [0.29, 0.717) is 0 Å². The largest absolute Gasteiger partial charge is 0.573 e. The van der Waals surface area contributed by atoms with E-state index in [4.69, 9.17) is 33.5 Å². The number of nitrogens with two attached hydrogens (primary N) is 2. The third kappa shape index (κ3) is 10.2. The fraction of sp³-hybridized carbons (Fsp3) is 0.212. The summed E-state index contributed by atoms with van der Waals surface area (Å²) in [7, 11) is -8.04. The number of hydrogen-bond acceptors (Lipinski definition) is 11. The van der Waals surface area contributed by atoms with Gasteiger partial charge in [0.1, 0.15) is 17.4 Å². The lowest BCUT2D eigenvalue weighted by Gasteiger charge is -2.26. The molecule has 2 aliphatic heterocycles. The van der Waals surface area contributed by atoms with Crippen LogP contribution in [0.5, 0.6) is 5.75 Å². The number of halogens is 11. The first-order valence-corrected chi connectivity index (χ1v) is 19.7. The molecule has 0 radical (unpaired) electrons. The molecule has 2 heterocycles. The van der Waals surface area contributed by atoms with E-state index in [2.05, 4.69) is 14.7 Å². The van der Waals surface area contributed by atoms with Crippen LogP contribution in [-0.4, -0.2) is 82.0 Å². The maximum absolute atomic E-state index is 13.4. The van der Waals surface area contributed by atoms with Gasteiger partial charge in [0, 0.05) is 22.5 Å². The maximum atomic E-state index is 13.4. The number of nitrogens with zero attached hydrogens (tertiary/aromatic N) is 4. The standard InChI is InChI=1S/C17H13F6N3O4S.C16H12Cl2F3N3O3S/c18-16(19,20)15(27)9-26(11-3-5-12(6-4-11)30-17(21,22)23)14(25-15)10-1-7-13(8-2-10)31(24,28)29;17-12-6-3-10(7-13(12)18)24-8-15(25,16(19,20)21)23-14(24)9-1-4-11(5-2-9)28(22,26)27/h1-8,27H,9H2,(H2,24,28,29);1-7,25H,8H2,(H2,22,26,27). The Morgan fingerprint density at radius 3 is 1.31 bits per heavy atom. The number of β-amino-alcohol motifs (C(OH)–C–C–N with tert-alkyl or cyclic N) is 2. The van der Waals surface area contributed by atoms with E-state index in [9.17, 15) is 66.6 Å². The average Bonchev–Trinajstić information content (AvgIpc) is 3.68. The molecule has 4 aromatic rings. The maximum Gasteiger partial charge on any atom is 0.573 e. The topological polar surface area (TPSA) is 201 Å². The van der Waals surface area contributed by atoms with Gasteiger partial charge in [-0.2, -0.15) is 26.3 Å². The lowest BCUT2D eigenvalue weighted by atomic mass is 10.1. The zero-order valence-electron chi connectivity index (χ0n) is 28.9. The van der Waals surface area contributed by atoms with E-state index in [-0.39, 0.29) is 54.0 Å². The van der Waals surface area contributed by atoms with Crippen LogP contribution in [0, 0.1) is 0 Å². The van der Waals surface area contributed by atoms with Crippen LogP contribution in [0.25, 0.3) is 0 Å². The van der Waals surface area contributed by atoms with Gasteiger partial charge in [0.15, 0.2) is 0 Å². The Hall–Kier alpha value is -4.69. The van der Waals surface area contributed by atoms with Crippen LogP contribution in [0.3, 0.4) is 0 Å². The van der Waals surface area contributed by atoms with Gasteiger partial charge in [-0.15, -0.1) is 13.2 Å². The summed E-state index contributed by atoms with van der Waals surface area (Å²) in [5.74, 6) is -1.21. The summed E-state index contributed by atoms with van der Waals surface area (Å²) in [6, 6.07) is 17.1. The molecule has 6 rings (SSSR count). The first-order valence-electron chi connectivity index (χ1n) is 15.8. The van der Waals surface area contributed by atoms with Gasteiger partial charge in [-0.1, -0.05) is 23.2 Å². The highest BCUT2D eigenvalue weighted by atomic mass is 35.5. The molecule has 0 fully saturated rings. The van der Waals surface area contributed by atoms with Crippen molar-refractivity contribution in [2.45, 2.75) is 40.0 Å². The van der Waals surface area contributed by atoms with Gasteiger partial charge in [0.2, 0.25) is 20.0 Å². The van der Waals surface area contributed by atoms with Gasteiger partial charge in [0.05, 0.1) is 32.9 Å². The number of anilines is 2. The van der Waals surface area contributed by atoms with E-state index in [1.807, 2.05) is 0 Å². The summed E-state index contributed by atoms with van der Waals surface area (Å²) in [5, 5.41) is 30.4. The number of aliphatic hydroxyl groups is 2. The van der Waals surface area contributed by atoms with Gasteiger partial charge < -0.3 is 24.7 Å². The number of ether oxygens (including phenoxy) is 1. The first kappa shape index (κ1) is 45.4. The highest BCUT2D eigenvalue weighted by Crippen LogP contribution is 2.41. The second-order valence-electron chi connectivity index (χ2n) is 12.5. The molecule has 4 aromatic carbocycles. The van der Waals surface area contributed by atoms with E-state index in [0.717, 1.165) is 70.5 Å². The normalized spacial score (nSPS) is 20.2. The molecular weight excluding hydrogens is 898 g/mol. The Labute approximate surface area is 337 Å². The number of hydrogen-bond donors (Lipinski definition) is 4. The lowest BCUT2D eigenvalue weighted by molar-refractivity contribution is -0.274. The predicted molar refractivity (Wildman–Crippen MR) is 195 cm³/mol. The Kier molecular flexibility index (Phi) is 12.1. The molecule has 0 amide bonds. The number of alkyl halides is 9. The molecule has 6 N–H and O–H groups in total. The van der Waals surface area contributed by atoms with Crippen LogP contribution < -0.4 is 24.8 Å². The third-order valence-electron chi connectivity index (χ3n) is 8.24. The summed E-state index contributed by atoms with van der Waals surface area (Å²) in [6.45, 7) is -2.00. The van der Waals surface area contributed by atoms with Gasteiger partial charge in [-0.05, 0) is 91.0 Å². The number of aliphatic imine (C=N–C) groups is 2. The quantitative estimate of drug-likeness (QED) is 0.163. The molecule has 0 aromatic heterocycles.